The van der Waals surface area contributed by atoms with Gasteiger partial charge in [0.05, 0.1) is 4.90 Å². The largest absolute Gasteiger partial charge is 0.370 e. The molecule has 1 rings (SSSR count). The van der Waals surface area contributed by atoms with Crippen LogP contribution in [0.2, 0.25) is 0 Å². The monoisotopic (exact) mass is 314 g/mol. The van der Waals surface area contributed by atoms with E-state index >= 15 is 0 Å². The van der Waals surface area contributed by atoms with E-state index in [4.69, 9.17) is 0 Å². The summed E-state index contributed by atoms with van der Waals surface area (Å²) in [7, 11) is -1.52. The van der Waals surface area contributed by atoms with Crippen molar-refractivity contribution in [2.45, 2.75) is 38.1 Å². The maximum Gasteiger partial charge on any atom is 0.240 e. The van der Waals surface area contributed by atoms with E-state index in [1.165, 1.54) is 12.3 Å². The maximum atomic E-state index is 12.2. The summed E-state index contributed by atoms with van der Waals surface area (Å²) in [5.41, 5.74) is 0. The Bertz CT molecular complexity index is 532. The molecule has 120 valence electrons. The molecule has 0 radical (unpaired) electrons. The number of pyridine rings is 1. The van der Waals surface area contributed by atoms with E-state index in [-0.39, 0.29) is 4.90 Å². The van der Waals surface area contributed by atoms with E-state index in [0.29, 0.717) is 24.9 Å². The lowest BCUT2D eigenvalue weighted by molar-refractivity contribution is 0.278. The minimum atomic E-state index is -3.49. The molecule has 0 saturated heterocycles. The molecule has 0 unspecified atom stereocenters. The second-order valence-corrected chi connectivity index (χ2v) is 7.04. The number of anilines is 1. The van der Waals surface area contributed by atoms with Crippen molar-refractivity contribution in [1.29, 1.82) is 0 Å². The summed E-state index contributed by atoms with van der Waals surface area (Å²) in [5.74, 6) is 0.582. The fraction of sp³-hybridized carbons (Fsp3) is 0.643. The Balaban J connectivity index is 2.65. The Labute approximate surface area is 128 Å². The minimum absolute atomic E-state index is 0.239. The first-order valence-corrected chi connectivity index (χ1v) is 8.75. The third-order valence-electron chi connectivity index (χ3n) is 3.24. The summed E-state index contributed by atoms with van der Waals surface area (Å²) in [6.07, 6.45) is 2.46. The molecule has 0 amide bonds. The van der Waals surface area contributed by atoms with Crippen molar-refractivity contribution in [3.63, 3.8) is 0 Å². The number of sulfonamides is 1. The minimum Gasteiger partial charge on any atom is -0.370 e. The van der Waals surface area contributed by atoms with Gasteiger partial charge in [0.25, 0.3) is 0 Å². The van der Waals surface area contributed by atoms with Crippen LogP contribution >= 0.6 is 0 Å². The molecule has 0 aliphatic heterocycles. The molecule has 0 bridgehead atoms. The zero-order valence-electron chi connectivity index (χ0n) is 13.3. The second-order valence-electron chi connectivity index (χ2n) is 5.28. The van der Waals surface area contributed by atoms with Crippen LogP contribution in [0.25, 0.3) is 0 Å². The molecule has 0 aliphatic carbocycles. The average Bonchev–Trinajstić information content (AvgIpc) is 2.45. The average molecular weight is 314 g/mol. The van der Waals surface area contributed by atoms with E-state index in [2.05, 4.69) is 33.8 Å². The fourth-order valence-corrected chi connectivity index (χ4v) is 2.66. The first kappa shape index (κ1) is 17.9. The Hall–Kier alpha value is -1.18. The number of aromatic nitrogens is 1. The zero-order valence-corrected chi connectivity index (χ0v) is 14.1. The van der Waals surface area contributed by atoms with Gasteiger partial charge in [0.2, 0.25) is 10.0 Å². The summed E-state index contributed by atoms with van der Waals surface area (Å²) in [4.78, 5) is 6.44. The predicted molar refractivity (Wildman–Crippen MR) is 86.0 cm³/mol. The molecule has 6 nitrogen and oxygen atoms in total. The van der Waals surface area contributed by atoms with E-state index in [1.54, 1.807) is 6.07 Å². The first-order valence-electron chi connectivity index (χ1n) is 7.26. The highest BCUT2D eigenvalue weighted by molar-refractivity contribution is 7.89. The van der Waals surface area contributed by atoms with Crippen LogP contribution < -0.4 is 10.0 Å². The van der Waals surface area contributed by atoms with Crippen LogP contribution in [0.15, 0.2) is 23.2 Å². The van der Waals surface area contributed by atoms with Crippen molar-refractivity contribution >= 4 is 15.8 Å². The molecule has 1 heterocycles. The standard InChI is InChI=1S/C14H26N4O2S/c1-5-7-15-14-11-13(6-8-16-14)21(19,20)17-9-10-18(4)12(2)3/h6,8,11-12,17H,5,7,9-10H2,1-4H3,(H,15,16). The number of nitrogens with zero attached hydrogens (tertiary/aromatic N) is 2. The number of hydrogen-bond donors (Lipinski definition) is 2. The molecule has 0 atom stereocenters. The van der Waals surface area contributed by atoms with Crippen molar-refractivity contribution in [2.75, 3.05) is 32.0 Å². The van der Waals surface area contributed by atoms with Crippen LogP contribution in [0, 0.1) is 0 Å². The topological polar surface area (TPSA) is 74.3 Å². The van der Waals surface area contributed by atoms with Crippen molar-refractivity contribution in [1.82, 2.24) is 14.6 Å². The predicted octanol–water partition coefficient (Wildman–Crippen LogP) is 1.52. The quantitative estimate of drug-likeness (QED) is 0.723. The molecule has 0 aliphatic rings. The molecule has 0 aromatic carbocycles. The molecule has 1 aromatic heterocycles. The number of likely N-dealkylation sites (N-methyl/N-ethyl adjacent to an activating group) is 1. The van der Waals surface area contributed by atoms with Gasteiger partial charge >= 0.3 is 0 Å². The third kappa shape index (κ3) is 5.99. The number of hydrogen-bond acceptors (Lipinski definition) is 5. The Morgan fingerprint density at radius 3 is 2.67 bits per heavy atom. The molecule has 7 heteroatoms. The van der Waals surface area contributed by atoms with Gasteiger partial charge in [-0.25, -0.2) is 18.1 Å². The van der Waals surface area contributed by atoms with Crippen molar-refractivity contribution < 1.29 is 8.42 Å². The van der Waals surface area contributed by atoms with Gasteiger partial charge in [0, 0.05) is 37.9 Å². The third-order valence-corrected chi connectivity index (χ3v) is 4.69. The summed E-state index contributed by atoms with van der Waals surface area (Å²) in [6.45, 7) is 8.01. The maximum absolute atomic E-state index is 12.2. The molecule has 2 N–H and O–H groups in total. The summed E-state index contributed by atoms with van der Waals surface area (Å²) >= 11 is 0. The number of nitrogens with one attached hydrogen (secondary N) is 2. The van der Waals surface area contributed by atoms with Gasteiger partial charge < -0.3 is 10.2 Å². The second kappa shape index (κ2) is 8.31. The van der Waals surface area contributed by atoms with Crippen LogP contribution in [-0.2, 0) is 10.0 Å². The lowest BCUT2D eigenvalue weighted by Crippen LogP contribution is -2.36. The van der Waals surface area contributed by atoms with Gasteiger partial charge in [-0.3, -0.25) is 0 Å². The molecule has 1 aromatic rings. The highest BCUT2D eigenvalue weighted by atomic mass is 32.2. The van der Waals surface area contributed by atoms with Gasteiger partial charge in [0.15, 0.2) is 0 Å². The van der Waals surface area contributed by atoms with Crippen LogP contribution in [0.5, 0.6) is 0 Å². The van der Waals surface area contributed by atoms with Crippen LogP contribution in [0.3, 0.4) is 0 Å². The lowest BCUT2D eigenvalue weighted by atomic mass is 10.3. The Kier molecular flexibility index (Phi) is 7.07. The summed E-state index contributed by atoms with van der Waals surface area (Å²) in [6, 6.07) is 3.45. The molecule has 21 heavy (non-hydrogen) atoms. The van der Waals surface area contributed by atoms with E-state index < -0.39 is 10.0 Å². The SMILES string of the molecule is CCCNc1cc(S(=O)(=O)NCCN(C)C(C)C)ccn1. The van der Waals surface area contributed by atoms with Gasteiger partial charge in [-0.05, 0) is 33.4 Å². The molecular weight excluding hydrogens is 288 g/mol. The highest BCUT2D eigenvalue weighted by Gasteiger charge is 2.15. The molecule has 0 spiro atoms. The fourth-order valence-electron chi connectivity index (χ4n) is 1.63. The van der Waals surface area contributed by atoms with E-state index in [0.717, 1.165) is 13.0 Å². The Morgan fingerprint density at radius 1 is 1.33 bits per heavy atom. The first-order chi connectivity index (χ1) is 9.86. The van der Waals surface area contributed by atoms with E-state index in [1.807, 2.05) is 14.0 Å². The van der Waals surface area contributed by atoms with Crippen LogP contribution in [0.4, 0.5) is 5.82 Å². The highest BCUT2D eigenvalue weighted by Crippen LogP contribution is 2.12. The van der Waals surface area contributed by atoms with Gasteiger partial charge in [0.1, 0.15) is 5.82 Å². The van der Waals surface area contributed by atoms with Gasteiger partial charge in [-0.15, -0.1) is 0 Å². The Morgan fingerprint density at radius 2 is 2.05 bits per heavy atom. The molecular formula is C14H26N4O2S. The summed E-state index contributed by atoms with van der Waals surface area (Å²) in [5, 5.41) is 3.08. The lowest BCUT2D eigenvalue weighted by Gasteiger charge is -2.20. The molecule has 0 saturated carbocycles. The number of rotatable bonds is 9. The van der Waals surface area contributed by atoms with Gasteiger partial charge in [-0.2, -0.15) is 0 Å². The molecule has 0 fully saturated rings. The summed E-state index contributed by atoms with van der Waals surface area (Å²) < 4.78 is 27.1. The van der Waals surface area contributed by atoms with Crippen LogP contribution in [0.1, 0.15) is 27.2 Å². The van der Waals surface area contributed by atoms with Crippen LogP contribution in [-0.4, -0.2) is 51.0 Å². The normalized spacial score (nSPS) is 12.1. The zero-order chi connectivity index (χ0) is 15.9. The smallest absolute Gasteiger partial charge is 0.240 e. The van der Waals surface area contributed by atoms with Gasteiger partial charge in [-0.1, -0.05) is 6.92 Å². The van der Waals surface area contributed by atoms with Crippen molar-refractivity contribution in [2.24, 2.45) is 0 Å². The van der Waals surface area contributed by atoms with Crippen molar-refractivity contribution in [3.05, 3.63) is 18.3 Å². The van der Waals surface area contributed by atoms with Crippen molar-refractivity contribution in [3.8, 4) is 0 Å². The van der Waals surface area contributed by atoms with E-state index in [9.17, 15) is 8.42 Å².